The Bertz CT molecular complexity index is 402. The number of nitrogens with zero attached hydrogens (tertiary/aromatic N) is 1. The van der Waals surface area contributed by atoms with Crippen molar-refractivity contribution in [2.75, 3.05) is 26.2 Å². The molecule has 0 aromatic heterocycles. The fraction of sp³-hybridized carbons (Fsp3) is 0.571. The van der Waals surface area contributed by atoms with Gasteiger partial charge >= 0.3 is 0 Å². The molecule has 19 heavy (non-hydrogen) atoms. The summed E-state index contributed by atoms with van der Waals surface area (Å²) in [6, 6.07) is 7.56. The van der Waals surface area contributed by atoms with Gasteiger partial charge in [0.25, 0.3) is 0 Å². The number of hydrogen-bond donors (Lipinski definition) is 2. The van der Waals surface area contributed by atoms with Gasteiger partial charge in [0.1, 0.15) is 18.5 Å². The van der Waals surface area contributed by atoms with Crippen LogP contribution in [0, 0.1) is 0 Å². The predicted octanol–water partition coefficient (Wildman–Crippen LogP) is 1.65. The van der Waals surface area contributed by atoms with Crippen molar-refractivity contribution in [2.45, 2.75) is 25.0 Å². The van der Waals surface area contributed by atoms with Gasteiger partial charge in [-0.2, -0.15) is 0 Å². The van der Waals surface area contributed by atoms with Crippen molar-refractivity contribution < 1.29 is 14.9 Å². The molecule has 2 atom stereocenters. The number of aliphatic hydroxyl groups excluding tert-OH is 2. The highest BCUT2D eigenvalue weighted by Gasteiger charge is 2.20. The molecular formula is C14H20BrNO3. The number of benzene rings is 1. The molecule has 1 heterocycles. The molecule has 106 valence electrons. The van der Waals surface area contributed by atoms with Crippen LogP contribution >= 0.6 is 15.9 Å². The third kappa shape index (κ3) is 5.10. The smallest absolute Gasteiger partial charge is 0.120 e. The number of halogens is 1. The monoisotopic (exact) mass is 329 g/mol. The van der Waals surface area contributed by atoms with E-state index in [-0.39, 0.29) is 12.7 Å². The van der Waals surface area contributed by atoms with Crippen LogP contribution in [0.15, 0.2) is 28.7 Å². The zero-order chi connectivity index (χ0) is 13.7. The summed E-state index contributed by atoms with van der Waals surface area (Å²) >= 11 is 3.38. The summed E-state index contributed by atoms with van der Waals surface area (Å²) in [6.07, 6.45) is 1.05. The number of likely N-dealkylation sites (tertiary alicyclic amines) is 1. The van der Waals surface area contributed by atoms with Crippen LogP contribution in [0.1, 0.15) is 12.8 Å². The zero-order valence-corrected chi connectivity index (χ0v) is 12.4. The maximum atomic E-state index is 9.96. The molecule has 1 aliphatic rings. The second-order valence-electron chi connectivity index (χ2n) is 4.98. The van der Waals surface area contributed by atoms with E-state index < -0.39 is 6.10 Å². The topological polar surface area (TPSA) is 52.9 Å². The molecule has 1 fully saturated rings. The van der Waals surface area contributed by atoms with Gasteiger partial charge in [0.05, 0.1) is 6.10 Å². The van der Waals surface area contributed by atoms with Gasteiger partial charge in [0.15, 0.2) is 0 Å². The molecule has 4 nitrogen and oxygen atoms in total. The molecule has 0 amide bonds. The van der Waals surface area contributed by atoms with E-state index in [1.165, 1.54) is 0 Å². The molecule has 0 unspecified atom stereocenters. The Morgan fingerprint density at radius 3 is 3.05 bits per heavy atom. The van der Waals surface area contributed by atoms with Crippen LogP contribution in [0.3, 0.4) is 0 Å². The Kier molecular flexibility index (Phi) is 5.63. The van der Waals surface area contributed by atoms with E-state index in [0.29, 0.717) is 13.1 Å². The van der Waals surface area contributed by atoms with Gasteiger partial charge in [-0.15, -0.1) is 0 Å². The van der Waals surface area contributed by atoms with Gasteiger partial charge < -0.3 is 14.9 Å². The molecule has 1 aliphatic heterocycles. The van der Waals surface area contributed by atoms with Crippen LogP contribution in [-0.2, 0) is 0 Å². The van der Waals surface area contributed by atoms with E-state index in [4.69, 9.17) is 4.74 Å². The van der Waals surface area contributed by atoms with Crippen molar-refractivity contribution >= 4 is 15.9 Å². The van der Waals surface area contributed by atoms with Crippen molar-refractivity contribution in [3.63, 3.8) is 0 Å². The normalized spacial score (nSPS) is 22.2. The lowest BCUT2D eigenvalue weighted by Gasteiger charge is -2.31. The van der Waals surface area contributed by atoms with E-state index in [2.05, 4.69) is 20.8 Å². The third-order valence-electron chi connectivity index (χ3n) is 3.19. The van der Waals surface area contributed by atoms with Crippen molar-refractivity contribution in [3.8, 4) is 5.75 Å². The van der Waals surface area contributed by atoms with Gasteiger partial charge in [-0.3, -0.25) is 4.90 Å². The summed E-state index contributed by atoms with van der Waals surface area (Å²) in [4.78, 5) is 2.09. The number of hydrogen-bond acceptors (Lipinski definition) is 4. The average Bonchev–Trinajstić information content (AvgIpc) is 2.36. The molecule has 1 aromatic carbocycles. The van der Waals surface area contributed by atoms with Crippen LogP contribution in [0.25, 0.3) is 0 Å². The van der Waals surface area contributed by atoms with Gasteiger partial charge in [0, 0.05) is 17.6 Å². The molecule has 2 N–H and O–H groups in total. The first kappa shape index (κ1) is 14.8. The van der Waals surface area contributed by atoms with Gasteiger partial charge in [-0.05, 0) is 37.6 Å². The van der Waals surface area contributed by atoms with Gasteiger partial charge in [0.2, 0.25) is 0 Å². The van der Waals surface area contributed by atoms with Crippen LogP contribution in [0.2, 0.25) is 0 Å². The van der Waals surface area contributed by atoms with E-state index in [0.717, 1.165) is 29.6 Å². The number of piperidine rings is 1. The summed E-state index contributed by atoms with van der Waals surface area (Å²) in [5.41, 5.74) is 0. The Balaban J connectivity index is 1.73. The minimum atomic E-state index is -0.538. The summed E-state index contributed by atoms with van der Waals surface area (Å²) in [5, 5.41) is 19.5. The quantitative estimate of drug-likeness (QED) is 0.862. The highest BCUT2D eigenvalue weighted by Crippen LogP contribution is 2.18. The first-order chi connectivity index (χ1) is 9.13. The van der Waals surface area contributed by atoms with Crippen molar-refractivity contribution in [2.24, 2.45) is 0 Å². The van der Waals surface area contributed by atoms with Crippen molar-refractivity contribution in [1.82, 2.24) is 4.90 Å². The summed E-state index contributed by atoms with van der Waals surface area (Å²) in [6.45, 7) is 2.40. The number of β-amino-alcohol motifs (C(OH)–C–C–N with tert-alkyl or cyclic N) is 2. The van der Waals surface area contributed by atoms with Gasteiger partial charge in [-0.25, -0.2) is 0 Å². The largest absolute Gasteiger partial charge is 0.491 e. The third-order valence-corrected chi connectivity index (χ3v) is 3.68. The van der Waals surface area contributed by atoms with E-state index >= 15 is 0 Å². The molecule has 1 aromatic rings. The Morgan fingerprint density at radius 2 is 2.32 bits per heavy atom. The summed E-state index contributed by atoms with van der Waals surface area (Å²) < 4.78 is 6.50. The second-order valence-corrected chi connectivity index (χ2v) is 5.89. The zero-order valence-electron chi connectivity index (χ0n) is 10.8. The van der Waals surface area contributed by atoms with Crippen LogP contribution < -0.4 is 4.74 Å². The number of rotatable bonds is 5. The molecule has 0 spiro atoms. The minimum absolute atomic E-state index is 0.257. The summed E-state index contributed by atoms with van der Waals surface area (Å²) in [7, 11) is 0. The van der Waals surface area contributed by atoms with Crippen LogP contribution in [0.4, 0.5) is 0 Å². The molecular weight excluding hydrogens is 310 g/mol. The van der Waals surface area contributed by atoms with Gasteiger partial charge in [-0.1, -0.05) is 22.0 Å². The SMILES string of the molecule is O[C@H]1CCCN(C[C@@H](O)COc2cccc(Br)c2)C1. The molecule has 5 heteroatoms. The minimum Gasteiger partial charge on any atom is -0.491 e. The Morgan fingerprint density at radius 1 is 1.47 bits per heavy atom. The average molecular weight is 330 g/mol. The van der Waals surface area contributed by atoms with Crippen molar-refractivity contribution in [3.05, 3.63) is 28.7 Å². The highest BCUT2D eigenvalue weighted by molar-refractivity contribution is 9.10. The molecule has 2 rings (SSSR count). The lowest BCUT2D eigenvalue weighted by Crippen LogP contribution is -2.43. The van der Waals surface area contributed by atoms with E-state index in [1.807, 2.05) is 24.3 Å². The number of aliphatic hydroxyl groups is 2. The summed E-state index contributed by atoms with van der Waals surface area (Å²) in [5.74, 6) is 0.743. The molecule has 0 aliphatic carbocycles. The Labute approximate surface area is 122 Å². The molecule has 0 radical (unpaired) electrons. The van der Waals surface area contributed by atoms with Crippen molar-refractivity contribution in [1.29, 1.82) is 0 Å². The van der Waals surface area contributed by atoms with E-state index in [9.17, 15) is 10.2 Å². The first-order valence-electron chi connectivity index (χ1n) is 6.60. The maximum absolute atomic E-state index is 9.96. The standard InChI is InChI=1S/C14H20BrNO3/c15-11-3-1-5-14(7-11)19-10-13(18)9-16-6-2-4-12(17)8-16/h1,3,5,7,12-13,17-18H,2,4,6,8-10H2/t12-,13+/m0/s1. The van der Waals surface area contributed by atoms with Crippen LogP contribution in [0.5, 0.6) is 5.75 Å². The fourth-order valence-corrected chi connectivity index (χ4v) is 2.68. The highest BCUT2D eigenvalue weighted by atomic mass is 79.9. The lowest BCUT2D eigenvalue weighted by atomic mass is 10.1. The Hall–Kier alpha value is -0.620. The first-order valence-corrected chi connectivity index (χ1v) is 7.39. The number of ether oxygens (including phenoxy) is 1. The molecule has 0 bridgehead atoms. The van der Waals surface area contributed by atoms with Crippen LogP contribution in [-0.4, -0.2) is 53.6 Å². The molecule has 0 saturated carbocycles. The van der Waals surface area contributed by atoms with E-state index in [1.54, 1.807) is 0 Å². The maximum Gasteiger partial charge on any atom is 0.120 e. The second kappa shape index (κ2) is 7.24. The predicted molar refractivity (Wildman–Crippen MR) is 77.3 cm³/mol. The fourth-order valence-electron chi connectivity index (χ4n) is 2.30. The lowest BCUT2D eigenvalue weighted by molar-refractivity contribution is 0.0243. The molecule has 1 saturated heterocycles.